The topological polar surface area (TPSA) is 54.4 Å². The quantitative estimate of drug-likeness (QED) is 0.439. The van der Waals surface area contributed by atoms with E-state index in [2.05, 4.69) is 0 Å². The molecule has 0 aromatic heterocycles. The monoisotopic (exact) mass is 238 g/mol. The van der Waals surface area contributed by atoms with Crippen LogP contribution in [0.3, 0.4) is 0 Å². The number of hydrogen-bond donors (Lipinski definition) is 1. The zero-order valence-corrected chi connectivity index (χ0v) is 10.7. The summed E-state index contributed by atoms with van der Waals surface area (Å²) in [6.07, 6.45) is 8.26. The van der Waals surface area contributed by atoms with Crippen LogP contribution in [-0.4, -0.2) is 23.3 Å². The van der Waals surface area contributed by atoms with Gasteiger partial charge in [0.05, 0.1) is 11.0 Å². The molecule has 0 saturated carbocycles. The minimum Gasteiger partial charge on any atom is -0.390 e. The van der Waals surface area contributed by atoms with Gasteiger partial charge in [-0.1, -0.05) is 11.6 Å². The fourth-order valence-electron chi connectivity index (χ4n) is 2.15. The molecule has 0 spiro atoms. The number of aliphatic hydroxyl groups is 1. The van der Waals surface area contributed by atoms with Crippen molar-refractivity contribution in [3.63, 3.8) is 0 Å². The molecule has 0 atom stereocenters. The molecule has 0 bridgehead atoms. The van der Waals surface area contributed by atoms with Gasteiger partial charge in [0.15, 0.2) is 0 Å². The van der Waals surface area contributed by atoms with Crippen LogP contribution in [-0.2, 0) is 9.59 Å². The molecular formula is C14H22O3. The van der Waals surface area contributed by atoms with Crippen molar-refractivity contribution in [2.24, 2.45) is 5.41 Å². The molecule has 17 heavy (non-hydrogen) atoms. The molecule has 1 aliphatic rings. The molecule has 0 aromatic rings. The first-order chi connectivity index (χ1) is 7.91. The summed E-state index contributed by atoms with van der Waals surface area (Å²) in [5.74, 6) is 0. The Labute approximate surface area is 103 Å². The van der Waals surface area contributed by atoms with Gasteiger partial charge < -0.3 is 14.7 Å². The first-order valence-electron chi connectivity index (χ1n) is 6.24. The van der Waals surface area contributed by atoms with E-state index in [9.17, 15) is 14.7 Å². The van der Waals surface area contributed by atoms with Gasteiger partial charge in [-0.3, -0.25) is 0 Å². The maximum absolute atomic E-state index is 10.9. The Morgan fingerprint density at radius 1 is 1.41 bits per heavy atom. The highest BCUT2D eigenvalue weighted by Gasteiger charge is 2.31. The van der Waals surface area contributed by atoms with Gasteiger partial charge in [0, 0.05) is 0 Å². The molecule has 3 nitrogen and oxygen atoms in total. The van der Waals surface area contributed by atoms with E-state index in [-0.39, 0.29) is 0 Å². The van der Waals surface area contributed by atoms with Gasteiger partial charge in [0.25, 0.3) is 0 Å². The van der Waals surface area contributed by atoms with E-state index in [1.807, 2.05) is 19.9 Å². The van der Waals surface area contributed by atoms with Gasteiger partial charge in [-0.05, 0) is 52.4 Å². The molecule has 1 aliphatic carbocycles. The van der Waals surface area contributed by atoms with Crippen molar-refractivity contribution in [2.45, 2.75) is 58.0 Å². The maximum Gasteiger partial charge on any atom is 0.133 e. The second kappa shape index (κ2) is 5.58. The van der Waals surface area contributed by atoms with Crippen LogP contribution in [0.1, 0.15) is 52.4 Å². The Bertz CT molecular complexity index is 302. The summed E-state index contributed by atoms with van der Waals surface area (Å²) in [6, 6.07) is 0. The molecule has 0 radical (unpaired) electrons. The van der Waals surface area contributed by atoms with Crippen LogP contribution < -0.4 is 0 Å². The van der Waals surface area contributed by atoms with Crippen molar-refractivity contribution in [3.8, 4) is 0 Å². The van der Waals surface area contributed by atoms with Crippen molar-refractivity contribution in [3.05, 3.63) is 11.6 Å². The third-order valence-corrected chi connectivity index (χ3v) is 3.44. The minimum absolute atomic E-state index is 0.540. The largest absolute Gasteiger partial charge is 0.390 e. The average Bonchev–Trinajstić information content (AvgIpc) is 2.29. The Morgan fingerprint density at radius 3 is 2.47 bits per heavy atom. The van der Waals surface area contributed by atoms with E-state index >= 15 is 0 Å². The Hall–Kier alpha value is -0.960. The minimum atomic E-state index is -0.764. The summed E-state index contributed by atoms with van der Waals surface area (Å²) in [4.78, 5) is 21.7. The first-order valence-corrected chi connectivity index (χ1v) is 6.24. The molecule has 0 heterocycles. The van der Waals surface area contributed by atoms with Gasteiger partial charge >= 0.3 is 0 Å². The second-order valence-electron chi connectivity index (χ2n) is 5.70. The lowest BCUT2D eigenvalue weighted by atomic mass is 9.76. The Balaban J connectivity index is 2.41. The zero-order chi connectivity index (χ0) is 12.9. The van der Waals surface area contributed by atoms with E-state index in [1.54, 1.807) is 0 Å². The van der Waals surface area contributed by atoms with Crippen molar-refractivity contribution in [2.75, 3.05) is 0 Å². The van der Waals surface area contributed by atoms with Gasteiger partial charge in [-0.25, -0.2) is 0 Å². The van der Waals surface area contributed by atoms with Crippen LogP contribution in [0.4, 0.5) is 0 Å². The molecule has 0 fully saturated rings. The van der Waals surface area contributed by atoms with Crippen LogP contribution in [0.15, 0.2) is 11.6 Å². The second-order valence-corrected chi connectivity index (χ2v) is 5.70. The lowest BCUT2D eigenvalue weighted by Gasteiger charge is -2.26. The summed E-state index contributed by atoms with van der Waals surface area (Å²) >= 11 is 0. The van der Waals surface area contributed by atoms with Crippen LogP contribution in [0.5, 0.6) is 0 Å². The van der Waals surface area contributed by atoms with Crippen molar-refractivity contribution < 1.29 is 14.7 Å². The van der Waals surface area contributed by atoms with Gasteiger partial charge in [0.2, 0.25) is 0 Å². The number of hydrogen-bond acceptors (Lipinski definition) is 3. The normalized spacial score (nSPS) is 19.6. The molecule has 0 unspecified atom stereocenters. The highest BCUT2D eigenvalue weighted by molar-refractivity contribution is 5.84. The molecule has 1 rings (SSSR count). The fourth-order valence-corrected chi connectivity index (χ4v) is 2.15. The lowest BCUT2D eigenvalue weighted by Crippen LogP contribution is -2.26. The summed E-state index contributed by atoms with van der Waals surface area (Å²) in [7, 11) is 0. The van der Waals surface area contributed by atoms with Crippen LogP contribution in [0, 0.1) is 5.41 Å². The molecule has 0 aliphatic heterocycles. The molecule has 3 heteroatoms. The van der Waals surface area contributed by atoms with E-state index in [0.29, 0.717) is 12.8 Å². The molecular weight excluding hydrogens is 216 g/mol. The molecule has 96 valence electrons. The number of carbonyl (C=O) groups excluding carboxylic acids is 2. The van der Waals surface area contributed by atoms with Gasteiger partial charge in [-0.2, -0.15) is 0 Å². The highest BCUT2D eigenvalue weighted by Crippen LogP contribution is 2.33. The number of carbonyl (C=O) groups is 2. The third kappa shape index (κ3) is 4.43. The van der Waals surface area contributed by atoms with Crippen LogP contribution >= 0.6 is 0 Å². The number of allylic oxidation sites excluding steroid dienone is 2. The SMILES string of the molecule is CC(C)(O)CCCC1=CCC(C=O)(C=O)CC1. The van der Waals surface area contributed by atoms with Crippen molar-refractivity contribution in [1.82, 2.24) is 0 Å². The zero-order valence-electron chi connectivity index (χ0n) is 10.7. The maximum atomic E-state index is 10.9. The predicted octanol–water partition coefficient (Wildman–Crippen LogP) is 2.42. The summed E-state index contributed by atoms with van der Waals surface area (Å²) in [6.45, 7) is 3.62. The molecule has 1 N–H and O–H groups in total. The van der Waals surface area contributed by atoms with E-state index in [0.717, 1.165) is 38.3 Å². The van der Waals surface area contributed by atoms with E-state index < -0.39 is 11.0 Å². The van der Waals surface area contributed by atoms with Gasteiger partial charge in [0.1, 0.15) is 12.6 Å². The number of rotatable bonds is 6. The van der Waals surface area contributed by atoms with Crippen molar-refractivity contribution >= 4 is 12.6 Å². The Kier molecular flexibility index (Phi) is 4.63. The molecule has 0 amide bonds. The van der Waals surface area contributed by atoms with Gasteiger partial charge in [-0.15, -0.1) is 0 Å². The average molecular weight is 238 g/mol. The van der Waals surface area contributed by atoms with Crippen molar-refractivity contribution in [1.29, 1.82) is 0 Å². The van der Waals surface area contributed by atoms with E-state index in [1.165, 1.54) is 5.57 Å². The summed E-state index contributed by atoms with van der Waals surface area (Å²) < 4.78 is 0. The first kappa shape index (κ1) is 14.1. The molecule has 0 aromatic carbocycles. The van der Waals surface area contributed by atoms with E-state index in [4.69, 9.17) is 0 Å². The summed E-state index contributed by atoms with van der Waals surface area (Å²) in [5, 5.41) is 9.59. The summed E-state index contributed by atoms with van der Waals surface area (Å²) in [5.41, 5.74) is -0.0572. The fraction of sp³-hybridized carbons (Fsp3) is 0.714. The van der Waals surface area contributed by atoms with Crippen LogP contribution in [0.25, 0.3) is 0 Å². The number of aldehydes is 2. The highest BCUT2D eigenvalue weighted by atomic mass is 16.3. The van der Waals surface area contributed by atoms with Crippen LogP contribution in [0.2, 0.25) is 0 Å². The standard InChI is InChI=1S/C14H22O3/c1-13(2,17)7-3-4-12-5-8-14(10-15,11-16)9-6-12/h5,10-11,17H,3-4,6-9H2,1-2H3. The predicted molar refractivity (Wildman–Crippen MR) is 66.6 cm³/mol. The third-order valence-electron chi connectivity index (χ3n) is 3.44. The lowest BCUT2D eigenvalue weighted by molar-refractivity contribution is -0.126. The smallest absolute Gasteiger partial charge is 0.133 e. The molecule has 0 saturated heterocycles. The Morgan fingerprint density at radius 2 is 2.06 bits per heavy atom.